The Balaban J connectivity index is 1.71. The zero-order chi connectivity index (χ0) is 13.0. The van der Waals surface area contributed by atoms with Gasteiger partial charge in [-0.15, -0.1) is 0 Å². The number of carbonyl (C=O) groups is 1. The molecule has 0 saturated carbocycles. The minimum atomic E-state index is -0.621. The second-order valence-corrected chi connectivity index (χ2v) is 5.55. The number of rotatable bonds is 4. The summed E-state index contributed by atoms with van der Waals surface area (Å²) in [7, 11) is 0. The molecule has 2 N–H and O–H groups in total. The number of likely N-dealkylation sites (tertiary alicyclic amines) is 1. The summed E-state index contributed by atoms with van der Waals surface area (Å²) in [4.78, 5) is 15.8. The van der Waals surface area contributed by atoms with Gasteiger partial charge in [-0.3, -0.25) is 9.69 Å². The third kappa shape index (κ3) is 3.67. The molecule has 0 bridgehead atoms. The number of aliphatic carboxylic acids is 1. The van der Waals surface area contributed by atoms with E-state index in [-0.39, 0.29) is 5.92 Å². The molecule has 0 aliphatic carbocycles. The lowest BCUT2D eigenvalue weighted by Gasteiger charge is -2.38. The first-order valence-corrected chi connectivity index (χ1v) is 7.06. The molecule has 2 rings (SSSR count). The smallest absolute Gasteiger partial charge is 0.306 e. The van der Waals surface area contributed by atoms with Crippen LogP contribution in [0, 0.1) is 5.92 Å². The molecule has 0 amide bonds. The van der Waals surface area contributed by atoms with Gasteiger partial charge in [0.2, 0.25) is 0 Å². The number of hydrogen-bond acceptors (Lipinski definition) is 4. The van der Waals surface area contributed by atoms with Gasteiger partial charge in [-0.05, 0) is 32.9 Å². The van der Waals surface area contributed by atoms with Gasteiger partial charge in [0.15, 0.2) is 0 Å². The van der Waals surface area contributed by atoms with Crippen molar-refractivity contribution in [1.82, 2.24) is 15.1 Å². The Morgan fingerprint density at radius 2 is 1.89 bits per heavy atom. The van der Waals surface area contributed by atoms with Crippen LogP contribution in [0.3, 0.4) is 0 Å². The first-order valence-electron chi connectivity index (χ1n) is 7.06. The predicted octanol–water partition coefficient (Wildman–Crippen LogP) is 0.0767. The molecule has 5 nitrogen and oxygen atoms in total. The first-order chi connectivity index (χ1) is 8.66. The third-order valence-electron chi connectivity index (χ3n) is 4.23. The van der Waals surface area contributed by atoms with Crippen LogP contribution in [0.4, 0.5) is 0 Å². The lowest BCUT2D eigenvalue weighted by atomic mass is 9.97. The third-order valence-corrected chi connectivity index (χ3v) is 4.23. The maximum absolute atomic E-state index is 10.9. The van der Waals surface area contributed by atoms with Crippen LogP contribution in [0.15, 0.2) is 0 Å². The quantitative estimate of drug-likeness (QED) is 0.745. The molecular formula is C13H25N3O2. The van der Waals surface area contributed by atoms with Crippen LogP contribution in [0.5, 0.6) is 0 Å². The fourth-order valence-corrected chi connectivity index (χ4v) is 2.97. The molecular weight excluding hydrogens is 230 g/mol. The van der Waals surface area contributed by atoms with Crippen LogP contribution < -0.4 is 5.32 Å². The van der Waals surface area contributed by atoms with Gasteiger partial charge in [-0.1, -0.05) is 0 Å². The summed E-state index contributed by atoms with van der Waals surface area (Å²) in [6, 6.07) is 0.577. The van der Waals surface area contributed by atoms with Crippen LogP contribution in [-0.4, -0.2) is 72.7 Å². The average molecular weight is 255 g/mol. The number of nitrogens with one attached hydrogen (secondary N) is 1. The minimum Gasteiger partial charge on any atom is -0.481 e. The Kier molecular flexibility index (Phi) is 4.97. The molecule has 2 saturated heterocycles. The van der Waals surface area contributed by atoms with E-state index in [1.165, 1.54) is 0 Å². The van der Waals surface area contributed by atoms with Crippen molar-refractivity contribution in [3.8, 4) is 0 Å². The van der Waals surface area contributed by atoms with E-state index in [2.05, 4.69) is 22.0 Å². The van der Waals surface area contributed by atoms with E-state index in [1.54, 1.807) is 0 Å². The Labute approximate surface area is 109 Å². The van der Waals surface area contributed by atoms with Crippen molar-refractivity contribution < 1.29 is 9.90 Å². The maximum atomic E-state index is 10.9. The molecule has 2 heterocycles. The highest BCUT2D eigenvalue weighted by Crippen LogP contribution is 2.18. The van der Waals surface area contributed by atoms with Crippen LogP contribution in [0.1, 0.15) is 19.8 Å². The van der Waals surface area contributed by atoms with Crippen molar-refractivity contribution in [3.63, 3.8) is 0 Å². The van der Waals surface area contributed by atoms with Crippen molar-refractivity contribution in [2.75, 3.05) is 45.8 Å². The van der Waals surface area contributed by atoms with E-state index in [0.717, 1.165) is 58.7 Å². The Morgan fingerprint density at radius 3 is 2.44 bits per heavy atom. The SMILES string of the molecule is CC(CN1CCC(C(=O)O)CC1)N1CCNCC1. The van der Waals surface area contributed by atoms with E-state index >= 15 is 0 Å². The van der Waals surface area contributed by atoms with Gasteiger partial charge in [0, 0.05) is 38.8 Å². The predicted molar refractivity (Wildman–Crippen MR) is 70.7 cm³/mol. The lowest BCUT2D eigenvalue weighted by molar-refractivity contribution is -0.143. The van der Waals surface area contributed by atoms with Crippen LogP contribution >= 0.6 is 0 Å². The molecule has 1 atom stereocenters. The highest BCUT2D eigenvalue weighted by molar-refractivity contribution is 5.70. The van der Waals surface area contributed by atoms with Crippen molar-refractivity contribution >= 4 is 5.97 Å². The van der Waals surface area contributed by atoms with Gasteiger partial charge in [0.25, 0.3) is 0 Å². The zero-order valence-corrected chi connectivity index (χ0v) is 11.3. The summed E-state index contributed by atoms with van der Waals surface area (Å²) < 4.78 is 0. The topological polar surface area (TPSA) is 55.8 Å². The van der Waals surface area contributed by atoms with Gasteiger partial charge >= 0.3 is 5.97 Å². The van der Waals surface area contributed by atoms with Gasteiger partial charge in [0.1, 0.15) is 0 Å². The van der Waals surface area contributed by atoms with Gasteiger partial charge in [0.05, 0.1) is 5.92 Å². The normalized spacial score (nSPS) is 26.1. The van der Waals surface area contributed by atoms with E-state index < -0.39 is 5.97 Å². The summed E-state index contributed by atoms with van der Waals surface area (Å²) in [5, 5.41) is 12.3. The monoisotopic (exact) mass is 255 g/mol. The summed E-state index contributed by atoms with van der Waals surface area (Å²) in [5.74, 6) is -0.736. The molecule has 2 fully saturated rings. The Bertz CT molecular complexity index is 271. The van der Waals surface area contributed by atoms with Gasteiger partial charge in [-0.2, -0.15) is 0 Å². The molecule has 0 aromatic heterocycles. The molecule has 0 aromatic rings. The zero-order valence-electron chi connectivity index (χ0n) is 11.3. The molecule has 5 heteroatoms. The average Bonchev–Trinajstić information content (AvgIpc) is 2.40. The Morgan fingerprint density at radius 1 is 1.28 bits per heavy atom. The molecule has 0 aromatic carbocycles. The first kappa shape index (κ1) is 13.8. The maximum Gasteiger partial charge on any atom is 0.306 e. The van der Waals surface area contributed by atoms with Gasteiger partial charge < -0.3 is 15.3 Å². The minimum absolute atomic E-state index is 0.115. The Hall–Kier alpha value is -0.650. The number of carboxylic acids is 1. The standard InChI is InChI=1S/C13H25N3O2/c1-11(16-8-4-14-5-9-16)10-15-6-2-12(3-7-15)13(17)18/h11-12,14H,2-10H2,1H3,(H,17,18). The molecule has 18 heavy (non-hydrogen) atoms. The van der Waals surface area contributed by atoms with Crippen molar-refractivity contribution in [1.29, 1.82) is 0 Å². The molecule has 0 radical (unpaired) electrons. The fraction of sp³-hybridized carbons (Fsp3) is 0.923. The number of piperidine rings is 1. The summed E-state index contributed by atoms with van der Waals surface area (Å²) >= 11 is 0. The van der Waals surface area contributed by atoms with Crippen LogP contribution in [-0.2, 0) is 4.79 Å². The van der Waals surface area contributed by atoms with Crippen molar-refractivity contribution in [2.45, 2.75) is 25.8 Å². The van der Waals surface area contributed by atoms with Crippen LogP contribution in [0.2, 0.25) is 0 Å². The van der Waals surface area contributed by atoms with E-state index in [0.29, 0.717) is 6.04 Å². The summed E-state index contributed by atoms with van der Waals surface area (Å²) in [6.07, 6.45) is 1.62. The molecule has 104 valence electrons. The number of hydrogen-bond donors (Lipinski definition) is 2. The van der Waals surface area contributed by atoms with E-state index in [4.69, 9.17) is 5.11 Å². The van der Waals surface area contributed by atoms with Crippen molar-refractivity contribution in [3.05, 3.63) is 0 Å². The number of piperazine rings is 1. The largest absolute Gasteiger partial charge is 0.481 e. The van der Waals surface area contributed by atoms with E-state index in [9.17, 15) is 4.79 Å². The molecule has 2 aliphatic heterocycles. The fourth-order valence-electron chi connectivity index (χ4n) is 2.97. The van der Waals surface area contributed by atoms with Crippen molar-refractivity contribution in [2.24, 2.45) is 5.92 Å². The second kappa shape index (κ2) is 6.50. The highest BCUT2D eigenvalue weighted by atomic mass is 16.4. The molecule has 2 aliphatic rings. The molecule has 1 unspecified atom stereocenters. The van der Waals surface area contributed by atoms with Crippen LogP contribution in [0.25, 0.3) is 0 Å². The second-order valence-electron chi connectivity index (χ2n) is 5.55. The lowest BCUT2D eigenvalue weighted by Crippen LogP contribution is -2.51. The van der Waals surface area contributed by atoms with Gasteiger partial charge in [-0.25, -0.2) is 0 Å². The summed E-state index contributed by atoms with van der Waals surface area (Å²) in [5.41, 5.74) is 0. The summed E-state index contributed by atoms with van der Waals surface area (Å²) in [6.45, 7) is 9.68. The van der Waals surface area contributed by atoms with E-state index in [1.807, 2.05) is 0 Å². The molecule has 0 spiro atoms. The number of carboxylic acid groups (broad SMARTS) is 1. The highest BCUT2D eigenvalue weighted by Gasteiger charge is 2.26. The number of nitrogens with zero attached hydrogens (tertiary/aromatic N) is 2.